The van der Waals surface area contributed by atoms with Gasteiger partial charge in [0.05, 0.1) is 55.9 Å². The molecule has 9 nitrogen and oxygen atoms in total. The molecule has 0 N–H and O–H groups in total. The van der Waals surface area contributed by atoms with Gasteiger partial charge in [0.2, 0.25) is 11.5 Å². The lowest BCUT2D eigenvalue weighted by Crippen LogP contribution is -2.38. The molecule has 0 atom stereocenters. The maximum atomic E-state index is 13.7. The number of methoxy groups -OCH3 is 6. The van der Waals surface area contributed by atoms with E-state index in [9.17, 15) is 4.79 Å². The predicted octanol–water partition coefficient (Wildman–Crippen LogP) is 4.31. The molecule has 1 aliphatic carbocycles. The number of hydrogen-bond donors (Lipinski definition) is 0. The minimum atomic E-state index is -0.910. The van der Waals surface area contributed by atoms with E-state index in [1.54, 1.807) is 66.9 Å². The summed E-state index contributed by atoms with van der Waals surface area (Å²) in [6.45, 7) is 0.923. The van der Waals surface area contributed by atoms with E-state index in [-0.39, 0.29) is 5.78 Å². The van der Waals surface area contributed by atoms with Gasteiger partial charge in [-0.1, -0.05) is 0 Å². The second-order valence-corrected chi connectivity index (χ2v) is 8.55. The van der Waals surface area contributed by atoms with Crippen molar-refractivity contribution in [1.29, 1.82) is 0 Å². The van der Waals surface area contributed by atoms with Crippen molar-refractivity contribution in [3.8, 4) is 34.5 Å². The molecule has 0 bridgehead atoms. The lowest BCUT2D eigenvalue weighted by Gasteiger charge is -2.33. The Labute approximate surface area is 216 Å². The first-order valence-corrected chi connectivity index (χ1v) is 11.7. The Balaban J connectivity index is 1.80. The topological polar surface area (TPSA) is 90.9 Å². The molecule has 1 spiro atoms. The monoisotopic (exact) mass is 512 g/mol. The van der Waals surface area contributed by atoms with Gasteiger partial charge in [0.1, 0.15) is 0 Å². The van der Waals surface area contributed by atoms with Crippen LogP contribution < -0.4 is 28.4 Å². The lowest BCUT2D eigenvalue weighted by molar-refractivity contribution is -0.161. The summed E-state index contributed by atoms with van der Waals surface area (Å²) in [6, 6.07) is 7.17. The number of ketones is 1. The Morgan fingerprint density at radius 3 is 1.27 bits per heavy atom. The van der Waals surface area contributed by atoms with Gasteiger partial charge in [0.25, 0.3) is 0 Å². The molecular weight excluding hydrogens is 480 g/mol. The van der Waals surface area contributed by atoms with Crippen molar-refractivity contribution in [2.24, 2.45) is 0 Å². The van der Waals surface area contributed by atoms with Crippen molar-refractivity contribution in [3.63, 3.8) is 0 Å². The summed E-state index contributed by atoms with van der Waals surface area (Å²) in [4.78, 5) is 13.7. The normalized spacial score (nSPS) is 18.8. The van der Waals surface area contributed by atoms with Crippen LogP contribution in [0.15, 0.2) is 35.4 Å². The number of rotatable bonds is 8. The largest absolute Gasteiger partial charge is 0.493 e. The van der Waals surface area contributed by atoms with Gasteiger partial charge in [-0.3, -0.25) is 4.79 Å². The highest BCUT2D eigenvalue weighted by Gasteiger charge is 2.44. The summed E-state index contributed by atoms with van der Waals surface area (Å²) in [5.74, 6) is 1.91. The van der Waals surface area contributed by atoms with E-state index >= 15 is 0 Å². The molecule has 1 aliphatic heterocycles. The molecule has 9 heteroatoms. The van der Waals surface area contributed by atoms with Gasteiger partial charge in [-0.05, 0) is 47.5 Å². The SMILES string of the molecule is COc1cc(/C=C2\CC3(C/C(=C\c4cc(OC)c(OC)c(OC)c4)C2=O)OCCO3)cc(OC)c1OC. The summed E-state index contributed by atoms with van der Waals surface area (Å²) in [5.41, 5.74) is 2.53. The van der Waals surface area contributed by atoms with Gasteiger partial charge >= 0.3 is 0 Å². The summed E-state index contributed by atoms with van der Waals surface area (Å²) < 4.78 is 44.8. The quantitative estimate of drug-likeness (QED) is 0.480. The predicted molar refractivity (Wildman–Crippen MR) is 137 cm³/mol. The third-order valence-corrected chi connectivity index (χ3v) is 6.37. The van der Waals surface area contributed by atoms with E-state index in [1.165, 1.54) is 0 Å². The number of benzene rings is 2. The first kappa shape index (κ1) is 26.4. The fraction of sp³-hybridized carbons (Fsp3) is 0.393. The second kappa shape index (κ2) is 11.1. The van der Waals surface area contributed by atoms with Crippen LogP contribution >= 0.6 is 0 Å². The van der Waals surface area contributed by atoms with Crippen molar-refractivity contribution >= 4 is 17.9 Å². The van der Waals surface area contributed by atoms with Crippen molar-refractivity contribution in [3.05, 3.63) is 46.5 Å². The van der Waals surface area contributed by atoms with Crippen LogP contribution in [-0.4, -0.2) is 67.4 Å². The zero-order valence-corrected chi connectivity index (χ0v) is 22.0. The first-order valence-electron chi connectivity index (χ1n) is 11.7. The number of carbonyl (C=O) groups is 1. The molecule has 1 saturated heterocycles. The molecular formula is C28H32O9. The summed E-state index contributed by atoms with van der Waals surface area (Å²) in [7, 11) is 9.28. The van der Waals surface area contributed by atoms with Crippen molar-refractivity contribution in [2.75, 3.05) is 55.9 Å². The molecule has 37 heavy (non-hydrogen) atoms. The standard InChI is InChI=1S/C28H32O9/c1-30-21-11-17(12-22(31-2)26(21)34-5)9-19-15-28(36-7-8-37-28)16-20(25(19)29)10-18-13-23(32-3)27(35-6)24(14-18)33-4/h9-14H,7-8,15-16H2,1-6H3/b19-9+,20-10+. The molecule has 1 heterocycles. The maximum absolute atomic E-state index is 13.7. The Bertz CT molecular complexity index is 1080. The van der Waals surface area contributed by atoms with Gasteiger partial charge in [-0.2, -0.15) is 0 Å². The minimum absolute atomic E-state index is 0.104. The molecule has 0 radical (unpaired) electrons. The molecule has 2 aromatic carbocycles. The fourth-order valence-corrected chi connectivity index (χ4v) is 4.72. The van der Waals surface area contributed by atoms with Gasteiger partial charge in [0.15, 0.2) is 34.6 Å². The zero-order chi connectivity index (χ0) is 26.6. The highest BCUT2D eigenvalue weighted by molar-refractivity contribution is 6.14. The summed E-state index contributed by atoms with van der Waals surface area (Å²) in [5, 5.41) is 0. The van der Waals surface area contributed by atoms with E-state index in [4.69, 9.17) is 37.9 Å². The van der Waals surface area contributed by atoms with E-state index < -0.39 is 5.79 Å². The van der Waals surface area contributed by atoms with Crippen LogP contribution in [0.4, 0.5) is 0 Å². The van der Waals surface area contributed by atoms with Crippen molar-refractivity contribution in [1.82, 2.24) is 0 Å². The van der Waals surface area contributed by atoms with Crippen LogP contribution in [0.5, 0.6) is 34.5 Å². The number of ether oxygens (including phenoxy) is 8. The molecule has 0 aromatic heterocycles. The molecule has 2 aromatic rings. The van der Waals surface area contributed by atoms with Crippen LogP contribution in [0, 0.1) is 0 Å². The number of carbonyl (C=O) groups excluding carboxylic acids is 1. The van der Waals surface area contributed by atoms with E-state index in [0.717, 1.165) is 11.1 Å². The van der Waals surface area contributed by atoms with Gasteiger partial charge in [-0.15, -0.1) is 0 Å². The third kappa shape index (κ3) is 5.23. The van der Waals surface area contributed by atoms with Crippen LogP contribution in [-0.2, 0) is 14.3 Å². The fourth-order valence-electron chi connectivity index (χ4n) is 4.72. The second-order valence-electron chi connectivity index (χ2n) is 8.55. The van der Waals surface area contributed by atoms with Gasteiger partial charge in [0, 0.05) is 24.0 Å². The van der Waals surface area contributed by atoms with Crippen molar-refractivity contribution in [2.45, 2.75) is 18.6 Å². The summed E-state index contributed by atoms with van der Waals surface area (Å²) >= 11 is 0. The maximum Gasteiger partial charge on any atom is 0.203 e. The van der Waals surface area contributed by atoms with Gasteiger partial charge in [-0.25, -0.2) is 0 Å². The molecule has 1 saturated carbocycles. The third-order valence-electron chi connectivity index (χ3n) is 6.37. The number of hydrogen-bond acceptors (Lipinski definition) is 9. The number of Topliss-reactive ketones (excluding diaryl/α,β-unsaturated/α-hetero) is 1. The Hall–Kier alpha value is -3.69. The first-order chi connectivity index (χ1) is 17.9. The highest BCUT2D eigenvalue weighted by Crippen LogP contribution is 2.44. The molecule has 0 unspecified atom stereocenters. The van der Waals surface area contributed by atoms with E-state index in [0.29, 0.717) is 71.7 Å². The van der Waals surface area contributed by atoms with Gasteiger partial charge < -0.3 is 37.9 Å². The molecule has 0 amide bonds. The van der Waals surface area contributed by atoms with Crippen LogP contribution in [0.1, 0.15) is 24.0 Å². The van der Waals surface area contributed by atoms with Crippen LogP contribution in [0.3, 0.4) is 0 Å². The Morgan fingerprint density at radius 1 is 0.622 bits per heavy atom. The van der Waals surface area contributed by atoms with Crippen LogP contribution in [0.25, 0.3) is 12.2 Å². The van der Waals surface area contributed by atoms with Crippen LogP contribution in [0.2, 0.25) is 0 Å². The Morgan fingerprint density at radius 2 is 0.973 bits per heavy atom. The summed E-state index contributed by atoms with van der Waals surface area (Å²) in [6.07, 6.45) is 4.24. The lowest BCUT2D eigenvalue weighted by atomic mass is 9.82. The molecule has 4 rings (SSSR count). The average Bonchev–Trinajstić information content (AvgIpc) is 3.37. The van der Waals surface area contributed by atoms with E-state index in [1.807, 2.05) is 12.2 Å². The molecule has 198 valence electrons. The smallest absolute Gasteiger partial charge is 0.203 e. The van der Waals surface area contributed by atoms with Crippen molar-refractivity contribution < 1.29 is 42.7 Å². The van der Waals surface area contributed by atoms with E-state index in [2.05, 4.69) is 0 Å². The average molecular weight is 513 g/mol. The molecule has 2 aliphatic rings. The zero-order valence-electron chi connectivity index (χ0n) is 22.0. The molecule has 2 fully saturated rings. The minimum Gasteiger partial charge on any atom is -0.493 e. The Kier molecular flexibility index (Phi) is 7.94. The highest BCUT2D eigenvalue weighted by atomic mass is 16.7.